The second-order valence-corrected chi connectivity index (χ2v) is 3.79. The van der Waals surface area contributed by atoms with E-state index in [0.717, 1.165) is 19.3 Å². The summed E-state index contributed by atoms with van der Waals surface area (Å²) in [7, 11) is 1.64. The average Bonchev–Trinajstić information content (AvgIpc) is 2.01. The van der Waals surface area contributed by atoms with Crippen molar-refractivity contribution in [3.8, 4) is 0 Å². The molecule has 1 atom stereocenters. The number of hydrogen-bond acceptors (Lipinski definition) is 2. The summed E-state index contributed by atoms with van der Waals surface area (Å²) >= 11 is 0. The molecule has 0 aromatic carbocycles. The van der Waals surface area contributed by atoms with Crippen LogP contribution in [0.1, 0.15) is 40.0 Å². The van der Waals surface area contributed by atoms with E-state index in [-0.39, 0.29) is 5.92 Å². The molecule has 1 unspecified atom stereocenters. The molecule has 0 saturated heterocycles. The third-order valence-corrected chi connectivity index (χ3v) is 2.43. The Labute approximate surface area is 75.9 Å². The predicted molar refractivity (Wildman–Crippen MR) is 51.2 cm³/mol. The van der Waals surface area contributed by atoms with Crippen molar-refractivity contribution < 1.29 is 9.84 Å². The molecule has 74 valence electrons. The Morgan fingerprint density at radius 3 is 2.33 bits per heavy atom. The third kappa shape index (κ3) is 3.55. The molecule has 0 aliphatic carbocycles. The van der Waals surface area contributed by atoms with E-state index in [9.17, 15) is 5.11 Å². The van der Waals surface area contributed by atoms with Crippen molar-refractivity contribution in [1.82, 2.24) is 0 Å². The van der Waals surface area contributed by atoms with Gasteiger partial charge in [-0.1, -0.05) is 33.6 Å². The molecule has 0 spiro atoms. The highest BCUT2D eigenvalue weighted by Crippen LogP contribution is 2.23. The topological polar surface area (TPSA) is 29.5 Å². The maximum absolute atomic E-state index is 10.1. The minimum atomic E-state index is -0.620. The summed E-state index contributed by atoms with van der Waals surface area (Å²) in [6.45, 7) is 6.65. The number of unbranched alkanes of at least 4 members (excludes halogenated alkanes) is 1. The summed E-state index contributed by atoms with van der Waals surface area (Å²) in [5, 5.41) is 10.1. The smallest absolute Gasteiger partial charge is 0.0902 e. The van der Waals surface area contributed by atoms with Crippen LogP contribution in [0.15, 0.2) is 0 Å². The zero-order valence-corrected chi connectivity index (χ0v) is 8.76. The lowest BCUT2D eigenvalue weighted by atomic mass is 9.86. The Morgan fingerprint density at radius 1 is 1.42 bits per heavy atom. The summed E-state index contributed by atoms with van der Waals surface area (Å²) in [4.78, 5) is 0. The predicted octanol–water partition coefficient (Wildman–Crippen LogP) is 2.21. The van der Waals surface area contributed by atoms with Crippen LogP contribution in [0.3, 0.4) is 0 Å². The standard InChI is InChI=1S/C10H22O2/c1-5-6-7-10(11,8-12-4)9(2)3/h9,11H,5-8H2,1-4H3. The van der Waals surface area contributed by atoms with Gasteiger partial charge >= 0.3 is 0 Å². The summed E-state index contributed by atoms with van der Waals surface area (Å²) in [5.41, 5.74) is -0.620. The summed E-state index contributed by atoms with van der Waals surface area (Å²) in [6, 6.07) is 0. The van der Waals surface area contributed by atoms with Gasteiger partial charge in [-0.05, 0) is 12.3 Å². The lowest BCUT2D eigenvalue weighted by Gasteiger charge is -2.31. The zero-order valence-electron chi connectivity index (χ0n) is 8.76. The van der Waals surface area contributed by atoms with Gasteiger partial charge in [0, 0.05) is 7.11 Å². The quantitative estimate of drug-likeness (QED) is 0.669. The van der Waals surface area contributed by atoms with E-state index in [1.807, 2.05) is 13.8 Å². The summed E-state index contributed by atoms with van der Waals surface area (Å²) < 4.78 is 5.02. The zero-order chi connectivity index (χ0) is 9.61. The van der Waals surface area contributed by atoms with Gasteiger partial charge in [-0.15, -0.1) is 0 Å². The van der Waals surface area contributed by atoms with Crippen molar-refractivity contribution in [2.75, 3.05) is 13.7 Å². The first-order chi connectivity index (χ1) is 5.56. The number of rotatable bonds is 6. The monoisotopic (exact) mass is 174 g/mol. The van der Waals surface area contributed by atoms with E-state index in [0.29, 0.717) is 6.61 Å². The highest BCUT2D eigenvalue weighted by atomic mass is 16.5. The van der Waals surface area contributed by atoms with Gasteiger partial charge in [0.25, 0.3) is 0 Å². The molecule has 0 bridgehead atoms. The Bertz CT molecular complexity index is 112. The molecule has 0 amide bonds. The number of ether oxygens (including phenoxy) is 1. The SMILES string of the molecule is CCCCC(O)(COC)C(C)C. The van der Waals surface area contributed by atoms with Gasteiger partial charge in [-0.25, -0.2) is 0 Å². The van der Waals surface area contributed by atoms with Crippen LogP contribution < -0.4 is 0 Å². The van der Waals surface area contributed by atoms with Crippen molar-refractivity contribution in [3.05, 3.63) is 0 Å². The Kier molecular flexibility index (Phi) is 5.51. The Morgan fingerprint density at radius 2 is 2.00 bits per heavy atom. The normalized spacial score (nSPS) is 16.5. The molecule has 0 saturated carbocycles. The van der Waals surface area contributed by atoms with Crippen LogP contribution in [0.4, 0.5) is 0 Å². The molecule has 1 N–H and O–H groups in total. The Balaban J connectivity index is 3.99. The minimum absolute atomic E-state index is 0.268. The molecule has 0 fully saturated rings. The van der Waals surface area contributed by atoms with Gasteiger partial charge < -0.3 is 9.84 Å². The van der Waals surface area contributed by atoms with Crippen LogP contribution in [0.5, 0.6) is 0 Å². The van der Waals surface area contributed by atoms with Gasteiger partial charge in [-0.3, -0.25) is 0 Å². The molecule has 0 rings (SSSR count). The molecular formula is C10H22O2. The number of aliphatic hydroxyl groups is 1. The fourth-order valence-corrected chi connectivity index (χ4v) is 1.26. The van der Waals surface area contributed by atoms with Gasteiger partial charge in [0.1, 0.15) is 0 Å². The van der Waals surface area contributed by atoms with Gasteiger partial charge in [0.05, 0.1) is 12.2 Å². The van der Waals surface area contributed by atoms with E-state index in [1.165, 1.54) is 0 Å². The largest absolute Gasteiger partial charge is 0.387 e. The number of methoxy groups -OCH3 is 1. The summed E-state index contributed by atoms with van der Waals surface area (Å²) in [5.74, 6) is 0.268. The molecule has 0 aliphatic rings. The highest BCUT2D eigenvalue weighted by molar-refractivity contribution is 4.81. The third-order valence-electron chi connectivity index (χ3n) is 2.43. The van der Waals surface area contributed by atoms with E-state index < -0.39 is 5.60 Å². The molecule has 0 aromatic rings. The van der Waals surface area contributed by atoms with Gasteiger partial charge in [0.15, 0.2) is 0 Å². The molecule has 12 heavy (non-hydrogen) atoms. The minimum Gasteiger partial charge on any atom is -0.387 e. The maximum Gasteiger partial charge on any atom is 0.0902 e. The number of hydrogen-bond donors (Lipinski definition) is 1. The van der Waals surface area contributed by atoms with E-state index in [4.69, 9.17) is 4.74 Å². The second kappa shape index (κ2) is 5.55. The van der Waals surface area contributed by atoms with Crippen LogP contribution in [-0.4, -0.2) is 24.4 Å². The Hall–Kier alpha value is -0.0800. The van der Waals surface area contributed by atoms with Crippen LogP contribution in [0.25, 0.3) is 0 Å². The van der Waals surface area contributed by atoms with E-state index in [2.05, 4.69) is 6.92 Å². The maximum atomic E-state index is 10.1. The molecule has 0 aromatic heterocycles. The summed E-state index contributed by atoms with van der Waals surface area (Å²) in [6.07, 6.45) is 3.03. The first-order valence-corrected chi connectivity index (χ1v) is 4.78. The molecule has 0 radical (unpaired) electrons. The van der Waals surface area contributed by atoms with E-state index >= 15 is 0 Å². The molecule has 0 heterocycles. The van der Waals surface area contributed by atoms with Crippen molar-refractivity contribution >= 4 is 0 Å². The molecule has 2 heteroatoms. The fourth-order valence-electron chi connectivity index (χ4n) is 1.26. The van der Waals surface area contributed by atoms with Crippen molar-refractivity contribution in [3.63, 3.8) is 0 Å². The van der Waals surface area contributed by atoms with Gasteiger partial charge in [-0.2, -0.15) is 0 Å². The van der Waals surface area contributed by atoms with Crippen LogP contribution in [0, 0.1) is 5.92 Å². The first-order valence-electron chi connectivity index (χ1n) is 4.78. The van der Waals surface area contributed by atoms with Crippen molar-refractivity contribution in [1.29, 1.82) is 0 Å². The molecular weight excluding hydrogens is 152 g/mol. The second-order valence-electron chi connectivity index (χ2n) is 3.79. The lowest BCUT2D eigenvalue weighted by molar-refractivity contribution is -0.0711. The van der Waals surface area contributed by atoms with Gasteiger partial charge in [0.2, 0.25) is 0 Å². The lowest BCUT2D eigenvalue weighted by Crippen LogP contribution is -2.39. The van der Waals surface area contributed by atoms with Crippen LogP contribution >= 0.6 is 0 Å². The van der Waals surface area contributed by atoms with Crippen LogP contribution in [0.2, 0.25) is 0 Å². The van der Waals surface area contributed by atoms with Crippen molar-refractivity contribution in [2.45, 2.75) is 45.6 Å². The molecule has 0 aliphatic heterocycles. The highest BCUT2D eigenvalue weighted by Gasteiger charge is 2.29. The average molecular weight is 174 g/mol. The van der Waals surface area contributed by atoms with Crippen molar-refractivity contribution in [2.24, 2.45) is 5.92 Å². The van der Waals surface area contributed by atoms with E-state index in [1.54, 1.807) is 7.11 Å². The first kappa shape index (κ1) is 11.9. The fraction of sp³-hybridized carbons (Fsp3) is 1.00. The molecule has 2 nitrogen and oxygen atoms in total. The van der Waals surface area contributed by atoms with Crippen LogP contribution in [-0.2, 0) is 4.74 Å².